The summed E-state index contributed by atoms with van der Waals surface area (Å²) in [6, 6.07) is 5.87. The van der Waals surface area contributed by atoms with E-state index in [2.05, 4.69) is 15.3 Å². The third-order valence-corrected chi connectivity index (χ3v) is 8.05. The number of carbonyl (C=O) groups excluding carboxylic acids is 1. The van der Waals surface area contributed by atoms with Crippen molar-refractivity contribution < 1.29 is 21.6 Å². The Kier molecular flexibility index (Phi) is 5.84. The first-order valence-corrected chi connectivity index (χ1v) is 11.5. The minimum atomic E-state index is -3.77. The highest BCUT2D eigenvalue weighted by Gasteiger charge is 2.32. The Balaban J connectivity index is 1.75. The monoisotopic (exact) mass is 427 g/mol. The Morgan fingerprint density at radius 2 is 1.61 bits per heavy atom. The number of H-pyrrole nitrogens is 1. The Morgan fingerprint density at radius 3 is 2.14 bits per heavy atom. The molecule has 0 bridgehead atoms. The molecule has 1 aromatic heterocycles. The van der Waals surface area contributed by atoms with E-state index >= 15 is 0 Å². The van der Waals surface area contributed by atoms with Gasteiger partial charge in [0.15, 0.2) is 5.03 Å². The molecule has 1 aliphatic rings. The second-order valence-corrected chi connectivity index (χ2v) is 10.1. The van der Waals surface area contributed by atoms with Crippen LogP contribution in [0.2, 0.25) is 0 Å². The maximum Gasteiger partial charge on any atom is 0.260 e. The summed E-state index contributed by atoms with van der Waals surface area (Å²) < 4.78 is 53.6. The molecular weight excluding hydrogens is 406 g/mol. The second-order valence-electron chi connectivity index (χ2n) is 6.28. The molecule has 1 aromatic carbocycles. The predicted molar refractivity (Wildman–Crippen MR) is 101 cm³/mol. The Hall–Kier alpha value is -2.28. The van der Waals surface area contributed by atoms with Crippen LogP contribution < -0.4 is 5.32 Å². The van der Waals surface area contributed by atoms with Gasteiger partial charge in [-0.25, -0.2) is 21.8 Å². The van der Waals surface area contributed by atoms with E-state index in [9.17, 15) is 21.6 Å². The standard InChI is InChI=1S/C16H21N5O5S2/c1-13(22)19-14-3-5-15(6-4-14)27(23,24)20-7-2-8-21(10-9-20)28(25,26)16-11-17-12-18-16/h3-6,11-12H,2,7-10H2,1H3,(H,17,18)(H,19,22). The van der Waals surface area contributed by atoms with E-state index in [1.807, 2.05) is 0 Å². The summed E-state index contributed by atoms with van der Waals surface area (Å²) in [6.07, 6.45) is 2.88. The van der Waals surface area contributed by atoms with Crippen molar-refractivity contribution in [2.45, 2.75) is 23.3 Å². The van der Waals surface area contributed by atoms with E-state index in [1.165, 1.54) is 52.3 Å². The van der Waals surface area contributed by atoms with Crippen LogP contribution in [0.4, 0.5) is 5.69 Å². The number of rotatable bonds is 5. The normalized spacial score (nSPS) is 17.2. The third kappa shape index (κ3) is 4.24. The van der Waals surface area contributed by atoms with Crippen LogP contribution in [0.25, 0.3) is 0 Å². The summed E-state index contributed by atoms with van der Waals surface area (Å²) in [7, 11) is -7.51. The first-order valence-electron chi connectivity index (χ1n) is 8.57. The zero-order valence-electron chi connectivity index (χ0n) is 15.2. The maximum atomic E-state index is 12.9. The number of hydrogen-bond acceptors (Lipinski definition) is 6. The summed E-state index contributed by atoms with van der Waals surface area (Å²) in [5.74, 6) is -0.248. The third-order valence-electron chi connectivity index (χ3n) is 4.32. The SMILES string of the molecule is CC(=O)Nc1ccc(S(=O)(=O)N2CCCN(S(=O)(=O)c3cnc[nH]3)CC2)cc1. The van der Waals surface area contributed by atoms with Gasteiger partial charge in [-0.1, -0.05) is 0 Å². The molecule has 0 unspecified atom stereocenters. The average molecular weight is 428 g/mol. The van der Waals surface area contributed by atoms with E-state index in [4.69, 9.17) is 0 Å². The van der Waals surface area contributed by atoms with Gasteiger partial charge in [0, 0.05) is 38.8 Å². The number of hydrogen-bond donors (Lipinski definition) is 2. The van der Waals surface area contributed by atoms with Gasteiger partial charge in [0.2, 0.25) is 15.9 Å². The number of sulfonamides is 2. The molecule has 12 heteroatoms. The van der Waals surface area contributed by atoms with Crippen LogP contribution in [0.5, 0.6) is 0 Å². The lowest BCUT2D eigenvalue weighted by molar-refractivity contribution is -0.114. The van der Waals surface area contributed by atoms with Crippen molar-refractivity contribution in [2.24, 2.45) is 0 Å². The van der Waals surface area contributed by atoms with Crippen LogP contribution in [-0.2, 0) is 24.8 Å². The molecule has 3 rings (SSSR count). The molecule has 0 spiro atoms. The van der Waals surface area contributed by atoms with Crippen molar-refractivity contribution in [1.82, 2.24) is 18.6 Å². The summed E-state index contributed by atoms with van der Waals surface area (Å²) in [6.45, 7) is 1.89. The van der Waals surface area contributed by atoms with E-state index in [0.717, 1.165) is 0 Å². The van der Waals surface area contributed by atoms with Crippen LogP contribution in [-0.4, -0.2) is 67.5 Å². The van der Waals surface area contributed by atoms with Gasteiger partial charge >= 0.3 is 0 Å². The molecule has 0 atom stereocenters. The fourth-order valence-electron chi connectivity index (χ4n) is 2.94. The fraction of sp³-hybridized carbons (Fsp3) is 0.375. The highest BCUT2D eigenvalue weighted by atomic mass is 32.2. The largest absolute Gasteiger partial charge is 0.335 e. The van der Waals surface area contributed by atoms with Gasteiger partial charge in [0.05, 0.1) is 17.4 Å². The zero-order valence-corrected chi connectivity index (χ0v) is 16.8. The topological polar surface area (TPSA) is 133 Å². The molecule has 1 saturated heterocycles. The van der Waals surface area contributed by atoms with Crippen molar-refractivity contribution in [1.29, 1.82) is 0 Å². The first-order chi connectivity index (χ1) is 13.2. The summed E-state index contributed by atoms with van der Waals surface area (Å²) in [5.41, 5.74) is 0.499. The van der Waals surface area contributed by atoms with Crippen LogP contribution in [0.1, 0.15) is 13.3 Å². The molecule has 152 valence electrons. The number of carbonyl (C=O) groups is 1. The van der Waals surface area contributed by atoms with E-state index in [1.54, 1.807) is 0 Å². The Labute approximate surface area is 163 Å². The van der Waals surface area contributed by atoms with Crippen molar-refractivity contribution in [3.63, 3.8) is 0 Å². The number of aromatic nitrogens is 2. The smallest absolute Gasteiger partial charge is 0.260 e. The summed E-state index contributed by atoms with van der Waals surface area (Å²) in [5, 5.41) is 2.56. The number of benzene rings is 1. The van der Waals surface area contributed by atoms with Crippen molar-refractivity contribution in [3.8, 4) is 0 Å². The van der Waals surface area contributed by atoms with E-state index in [-0.39, 0.29) is 42.0 Å². The molecule has 2 heterocycles. The van der Waals surface area contributed by atoms with Crippen molar-refractivity contribution in [2.75, 3.05) is 31.5 Å². The molecule has 2 N–H and O–H groups in total. The second kappa shape index (κ2) is 7.99. The molecule has 2 aromatic rings. The van der Waals surface area contributed by atoms with E-state index in [0.29, 0.717) is 12.1 Å². The molecule has 1 aliphatic heterocycles. The zero-order chi connectivity index (χ0) is 20.4. The average Bonchev–Trinajstić information content (AvgIpc) is 3.06. The lowest BCUT2D eigenvalue weighted by Gasteiger charge is -2.21. The molecular formula is C16H21N5O5S2. The van der Waals surface area contributed by atoms with Crippen molar-refractivity contribution in [3.05, 3.63) is 36.8 Å². The number of amides is 1. The highest BCUT2D eigenvalue weighted by molar-refractivity contribution is 7.89. The van der Waals surface area contributed by atoms with Gasteiger partial charge in [-0.3, -0.25) is 4.79 Å². The quantitative estimate of drug-likeness (QED) is 0.712. The summed E-state index contributed by atoms with van der Waals surface area (Å²) in [4.78, 5) is 17.5. The number of imidazole rings is 1. The van der Waals surface area contributed by atoms with Crippen molar-refractivity contribution >= 4 is 31.6 Å². The number of aromatic amines is 1. The minimum Gasteiger partial charge on any atom is -0.335 e. The molecule has 0 aliphatic carbocycles. The molecule has 28 heavy (non-hydrogen) atoms. The van der Waals surface area contributed by atoms with E-state index < -0.39 is 20.0 Å². The van der Waals surface area contributed by atoms with Gasteiger partial charge in [-0.15, -0.1) is 0 Å². The molecule has 0 saturated carbocycles. The van der Waals surface area contributed by atoms with Crippen LogP contribution in [0.3, 0.4) is 0 Å². The highest BCUT2D eigenvalue weighted by Crippen LogP contribution is 2.22. The first kappa shape index (κ1) is 20.5. The Bertz CT molecular complexity index is 1030. The predicted octanol–water partition coefficient (Wildman–Crippen LogP) is 0.453. The fourth-order valence-corrected chi connectivity index (χ4v) is 5.77. The van der Waals surface area contributed by atoms with Crippen LogP contribution in [0.15, 0.2) is 46.7 Å². The molecule has 0 radical (unpaired) electrons. The van der Waals surface area contributed by atoms with Gasteiger partial charge in [0.1, 0.15) is 0 Å². The lowest BCUT2D eigenvalue weighted by atomic mass is 10.3. The molecule has 1 amide bonds. The van der Waals surface area contributed by atoms with Gasteiger partial charge in [-0.2, -0.15) is 8.61 Å². The number of nitrogens with one attached hydrogen (secondary N) is 2. The van der Waals surface area contributed by atoms with Crippen LogP contribution in [0, 0.1) is 0 Å². The lowest BCUT2D eigenvalue weighted by Crippen LogP contribution is -2.37. The van der Waals surface area contributed by atoms with Gasteiger partial charge in [0.25, 0.3) is 10.0 Å². The van der Waals surface area contributed by atoms with Gasteiger partial charge < -0.3 is 10.3 Å². The maximum absolute atomic E-state index is 12.9. The molecule has 1 fully saturated rings. The Morgan fingerprint density at radius 1 is 1.00 bits per heavy atom. The van der Waals surface area contributed by atoms with Crippen LogP contribution >= 0.6 is 0 Å². The summed E-state index contributed by atoms with van der Waals surface area (Å²) >= 11 is 0. The number of nitrogens with zero attached hydrogens (tertiary/aromatic N) is 3. The van der Waals surface area contributed by atoms with Gasteiger partial charge in [-0.05, 0) is 30.7 Å². The minimum absolute atomic E-state index is 0.0163. The number of anilines is 1. The molecule has 10 nitrogen and oxygen atoms in total.